The summed E-state index contributed by atoms with van der Waals surface area (Å²) >= 11 is 0. The number of nitrogens with one attached hydrogen (secondary N) is 3. The highest BCUT2D eigenvalue weighted by atomic mass is 16.5. The van der Waals surface area contributed by atoms with Crippen LogP contribution in [0.15, 0.2) is 109 Å². The van der Waals surface area contributed by atoms with Gasteiger partial charge in [-0.1, -0.05) is 84.9 Å². The van der Waals surface area contributed by atoms with Gasteiger partial charge in [-0.3, -0.25) is 9.59 Å². The van der Waals surface area contributed by atoms with E-state index >= 15 is 0 Å². The van der Waals surface area contributed by atoms with Crippen LogP contribution in [0.1, 0.15) is 45.2 Å². The number of ether oxygens (including phenoxy) is 1. The zero-order chi connectivity index (χ0) is 33.5. The van der Waals surface area contributed by atoms with Crippen molar-refractivity contribution in [3.8, 4) is 0 Å². The molecule has 1 aliphatic rings. The number of para-hydroxylation sites is 2. The van der Waals surface area contributed by atoms with Crippen LogP contribution in [0.4, 0.5) is 4.79 Å². The molecule has 0 aliphatic heterocycles. The lowest BCUT2D eigenvalue weighted by Gasteiger charge is -2.22. The number of aliphatic carboxylic acids is 1. The first kappa shape index (κ1) is 32.0. The van der Waals surface area contributed by atoms with E-state index in [0.717, 1.165) is 34.1 Å². The number of carboxylic acids is 1. The van der Waals surface area contributed by atoms with Gasteiger partial charge < -0.3 is 30.4 Å². The average molecular weight is 646 g/mol. The van der Waals surface area contributed by atoms with Gasteiger partial charge in [-0.2, -0.15) is 0 Å². The van der Waals surface area contributed by atoms with Gasteiger partial charge in [0.2, 0.25) is 5.91 Å². The summed E-state index contributed by atoms with van der Waals surface area (Å²) in [7, 11) is 0. The molecule has 1 aromatic heterocycles. The molecule has 11 nitrogen and oxygen atoms in total. The molecule has 3 atom stereocenters. The Bertz CT molecular complexity index is 1860. The predicted molar refractivity (Wildman–Crippen MR) is 178 cm³/mol. The van der Waals surface area contributed by atoms with E-state index in [9.17, 15) is 24.3 Å². The van der Waals surface area contributed by atoms with E-state index in [1.54, 1.807) is 53.4 Å². The fourth-order valence-electron chi connectivity index (χ4n) is 5.63. The Balaban J connectivity index is 1.07. The lowest BCUT2D eigenvalue weighted by molar-refractivity contribution is -0.139. The quantitative estimate of drug-likeness (QED) is 0.141. The average Bonchev–Trinajstić information content (AvgIpc) is 3.81. The lowest BCUT2D eigenvalue weighted by Crippen LogP contribution is -2.48. The van der Waals surface area contributed by atoms with Crippen molar-refractivity contribution in [3.63, 3.8) is 0 Å². The fourth-order valence-corrected chi connectivity index (χ4v) is 5.63. The fraction of sp³-hybridized carbons (Fsp3) is 0.216. The highest BCUT2D eigenvalue weighted by molar-refractivity contribution is 5.94. The Kier molecular flexibility index (Phi) is 9.75. The van der Waals surface area contributed by atoms with Crippen LogP contribution in [0.3, 0.4) is 0 Å². The van der Waals surface area contributed by atoms with Crippen LogP contribution in [-0.2, 0) is 34.0 Å². The zero-order valence-corrected chi connectivity index (χ0v) is 26.0. The number of fused-ring (bicyclic) bond motifs is 1. The number of carboxylic acid groups (broad SMARTS) is 1. The summed E-state index contributed by atoms with van der Waals surface area (Å²) in [4.78, 5) is 60.4. The number of alkyl carbamates (subject to hydrolysis) is 1. The number of carbonyl (C=O) groups is 4. The first-order valence-corrected chi connectivity index (χ1v) is 15.7. The van der Waals surface area contributed by atoms with Gasteiger partial charge in [0, 0.05) is 24.6 Å². The summed E-state index contributed by atoms with van der Waals surface area (Å²) in [6.45, 7) is 0.240. The Morgan fingerprint density at radius 2 is 1.54 bits per heavy atom. The van der Waals surface area contributed by atoms with Crippen LogP contribution in [-0.4, -0.2) is 56.4 Å². The van der Waals surface area contributed by atoms with Gasteiger partial charge in [-0.05, 0) is 53.3 Å². The minimum atomic E-state index is -1.39. The third kappa shape index (κ3) is 8.05. The van der Waals surface area contributed by atoms with Crippen molar-refractivity contribution in [2.75, 3.05) is 6.54 Å². The number of amides is 3. The van der Waals surface area contributed by atoms with Crippen LogP contribution in [0.5, 0.6) is 0 Å². The molecule has 11 heteroatoms. The SMILES string of the molecule is O=C(NC(CNC(=O)c1ccc(CN(Cc2nc3ccccc3[nH]2)C(=O)C2CC2c2ccccc2)cc1)C(=O)O)OCc1ccccc1. The van der Waals surface area contributed by atoms with Crippen molar-refractivity contribution in [1.29, 1.82) is 0 Å². The third-order valence-corrected chi connectivity index (χ3v) is 8.29. The largest absolute Gasteiger partial charge is 0.480 e. The molecule has 1 aliphatic carbocycles. The topological polar surface area (TPSA) is 154 Å². The van der Waals surface area contributed by atoms with Gasteiger partial charge in [0.1, 0.15) is 18.5 Å². The molecule has 0 spiro atoms. The van der Waals surface area contributed by atoms with Crippen LogP contribution < -0.4 is 10.6 Å². The summed E-state index contributed by atoms with van der Waals surface area (Å²) in [5.74, 6) is -1.04. The molecule has 0 bridgehead atoms. The molecule has 6 rings (SSSR count). The molecular formula is C37H35N5O6. The third-order valence-electron chi connectivity index (χ3n) is 8.29. The van der Waals surface area contributed by atoms with E-state index in [4.69, 9.17) is 4.74 Å². The number of benzene rings is 4. The highest BCUT2D eigenvalue weighted by Gasteiger charge is 2.45. The molecule has 1 heterocycles. The van der Waals surface area contributed by atoms with Crippen molar-refractivity contribution < 1.29 is 29.0 Å². The molecule has 1 fully saturated rings. The summed E-state index contributed by atoms with van der Waals surface area (Å²) in [5.41, 5.74) is 4.75. The minimum Gasteiger partial charge on any atom is -0.480 e. The lowest BCUT2D eigenvalue weighted by atomic mass is 10.1. The number of aromatic amines is 1. The van der Waals surface area contributed by atoms with E-state index in [0.29, 0.717) is 24.5 Å². The van der Waals surface area contributed by atoms with Crippen molar-refractivity contribution in [3.05, 3.63) is 137 Å². The number of hydrogen-bond acceptors (Lipinski definition) is 6. The van der Waals surface area contributed by atoms with E-state index in [1.165, 1.54) is 0 Å². The van der Waals surface area contributed by atoms with Gasteiger partial charge in [0.15, 0.2) is 0 Å². The summed E-state index contributed by atoms with van der Waals surface area (Å²) < 4.78 is 5.10. The minimum absolute atomic E-state index is 0.0206. The molecule has 48 heavy (non-hydrogen) atoms. The normalized spacial score (nSPS) is 15.7. The second kappa shape index (κ2) is 14.6. The van der Waals surface area contributed by atoms with Gasteiger partial charge in [0.25, 0.3) is 5.91 Å². The number of rotatable bonds is 13. The number of nitrogens with zero attached hydrogens (tertiary/aromatic N) is 2. The van der Waals surface area contributed by atoms with E-state index in [1.807, 2.05) is 48.5 Å². The van der Waals surface area contributed by atoms with Crippen LogP contribution >= 0.6 is 0 Å². The van der Waals surface area contributed by atoms with Gasteiger partial charge in [-0.15, -0.1) is 0 Å². The number of aromatic nitrogens is 2. The maximum absolute atomic E-state index is 13.8. The van der Waals surface area contributed by atoms with Gasteiger partial charge in [-0.25, -0.2) is 14.6 Å². The van der Waals surface area contributed by atoms with Crippen molar-refractivity contribution >= 4 is 34.9 Å². The second-order valence-electron chi connectivity index (χ2n) is 11.8. The standard InChI is InChI=1S/C37H35N5O6/c43-34(38-20-32(36(45)46)41-37(47)48-23-25-9-3-1-4-10-25)27-17-15-24(16-18-27)21-42(22-33-39-30-13-7-8-14-31(30)40-33)35(44)29-19-28(29)26-11-5-2-6-12-26/h1-18,28-29,32H,19-23H2,(H,38,43)(H,39,40)(H,41,47)(H,45,46). The van der Waals surface area contributed by atoms with Crippen molar-refractivity contribution in [1.82, 2.24) is 25.5 Å². The molecular weight excluding hydrogens is 610 g/mol. The van der Waals surface area contributed by atoms with E-state index < -0.39 is 24.0 Å². The van der Waals surface area contributed by atoms with Gasteiger partial charge in [0.05, 0.1) is 17.6 Å². The number of carbonyl (C=O) groups excluding carboxylic acids is 3. The Morgan fingerprint density at radius 1 is 0.854 bits per heavy atom. The number of hydrogen-bond donors (Lipinski definition) is 4. The number of H-pyrrole nitrogens is 1. The molecule has 244 valence electrons. The maximum atomic E-state index is 13.8. The molecule has 3 amide bonds. The molecule has 0 saturated heterocycles. The zero-order valence-electron chi connectivity index (χ0n) is 26.0. The molecule has 4 aromatic carbocycles. The first-order chi connectivity index (χ1) is 23.3. The first-order valence-electron chi connectivity index (χ1n) is 15.7. The molecule has 1 saturated carbocycles. The van der Waals surface area contributed by atoms with Crippen molar-refractivity contribution in [2.24, 2.45) is 5.92 Å². The molecule has 5 aromatic rings. The van der Waals surface area contributed by atoms with Crippen LogP contribution in [0.2, 0.25) is 0 Å². The highest BCUT2D eigenvalue weighted by Crippen LogP contribution is 2.48. The number of imidazole rings is 1. The summed E-state index contributed by atoms with van der Waals surface area (Å²) in [6.07, 6.45) is -0.122. The van der Waals surface area contributed by atoms with E-state index in [-0.39, 0.29) is 30.9 Å². The Labute approximate surface area is 277 Å². The van der Waals surface area contributed by atoms with Crippen LogP contribution in [0.25, 0.3) is 11.0 Å². The molecule has 0 radical (unpaired) electrons. The van der Waals surface area contributed by atoms with E-state index in [2.05, 4.69) is 32.7 Å². The second-order valence-corrected chi connectivity index (χ2v) is 11.8. The van der Waals surface area contributed by atoms with Crippen LogP contribution in [0, 0.1) is 5.92 Å². The predicted octanol–water partition coefficient (Wildman–Crippen LogP) is 5.00. The smallest absolute Gasteiger partial charge is 0.408 e. The Hall–Kier alpha value is -5.97. The monoisotopic (exact) mass is 645 g/mol. The molecule has 4 N–H and O–H groups in total. The maximum Gasteiger partial charge on any atom is 0.408 e. The van der Waals surface area contributed by atoms with Crippen molar-refractivity contribution in [2.45, 2.75) is 38.1 Å². The Morgan fingerprint density at radius 3 is 2.25 bits per heavy atom. The summed E-state index contributed by atoms with van der Waals surface area (Å²) in [5, 5.41) is 14.4. The summed E-state index contributed by atoms with van der Waals surface area (Å²) in [6, 6.07) is 32.1. The van der Waals surface area contributed by atoms with Gasteiger partial charge >= 0.3 is 12.1 Å². The molecule has 3 unspecified atom stereocenters.